The van der Waals surface area contributed by atoms with Crippen molar-refractivity contribution in [3.05, 3.63) is 84.9 Å². The summed E-state index contributed by atoms with van der Waals surface area (Å²) in [4.78, 5) is 2.48. The van der Waals surface area contributed by atoms with Crippen LogP contribution in [0.15, 0.2) is 84.9 Å². The van der Waals surface area contributed by atoms with Gasteiger partial charge in [-0.05, 0) is 83.2 Å². The van der Waals surface area contributed by atoms with Gasteiger partial charge in [-0.2, -0.15) is 0 Å². The predicted molar refractivity (Wildman–Crippen MR) is 149 cm³/mol. The van der Waals surface area contributed by atoms with E-state index in [-0.39, 0.29) is 0 Å². The fourth-order valence-electron chi connectivity index (χ4n) is 4.62. The van der Waals surface area contributed by atoms with Crippen molar-refractivity contribution >= 4 is 10.8 Å². The van der Waals surface area contributed by atoms with Gasteiger partial charge in [0.15, 0.2) is 0 Å². The Morgan fingerprint density at radius 3 is 2.11 bits per heavy atom. The standard InChI is InChI=1S/C29H29NO2.C3H8/c1-31-26-14-16-28-24(21-26)11-15-27(22-7-3-2-4-8-22)29(28)23-9-12-25(13-10-23)32-20-19-30-17-5-6-18-30;1-3-2/h2-4,7-16,21H,5-6,17-20H2,1H3;3H2,1-2H3. The van der Waals surface area contributed by atoms with Gasteiger partial charge >= 0.3 is 0 Å². The van der Waals surface area contributed by atoms with E-state index in [2.05, 4.69) is 97.6 Å². The van der Waals surface area contributed by atoms with Gasteiger partial charge in [0.1, 0.15) is 18.1 Å². The minimum Gasteiger partial charge on any atom is -0.497 e. The predicted octanol–water partition coefficient (Wildman–Crippen LogP) is 8.07. The van der Waals surface area contributed by atoms with Crippen LogP contribution in [0.2, 0.25) is 0 Å². The molecular weight excluding hydrogens is 430 g/mol. The smallest absolute Gasteiger partial charge is 0.119 e. The highest BCUT2D eigenvalue weighted by molar-refractivity contribution is 6.04. The molecule has 1 aliphatic rings. The molecule has 4 aromatic carbocycles. The van der Waals surface area contributed by atoms with Crippen LogP contribution in [0.25, 0.3) is 33.0 Å². The first-order valence-corrected chi connectivity index (χ1v) is 12.8. The number of nitrogens with zero attached hydrogens (tertiary/aromatic N) is 1. The highest BCUT2D eigenvalue weighted by atomic mass is 16.5. The van der Waals surface area contributed by atoms with Crippen LogP contribution in [-0.2, 0) is 0 Å². The van der Waals surface area contributed by atoms with Crippen molar-refractivity contribution in [1.29, 1.82) is 0 Å². The lowest BCUT2D eigenvalue weighted by Crippen LogP contribution is -2.25. The Bertz CT molecular complexity index is 1200. The van der Waals surface area contributed by atoms with Crippen molar-refractivity contribution in [2.75, 3.05) is 33.4 Å². The summed E-state index contributed by atoms with van der Waals surface area (Å²) in [5.41, 5.74) is 4.86. The summed E-state index contributed by atoms with van der Waals surface area (Å²) in [5, 5.41) is 2.39. The molecule has 0 N–H and O–H groups in total. The molecule has 182 valence electrons. The molecule has 1 aliphatic heterocycles. The van der Waals surface area contributed by atoms with E-state index in [4.69, 9.17) is 9.47 Å². The molecule has 0 spiro atoms. The highest BCUT2D eigenvalue weighted by Gasteiger charge is 2.14. The van der Waals surface area contributed by atoms with Crippen LogP contribution >= 0.6 is 0 Å². The maximum atomic E-state index is 6.03. The molecule has 0 radical (unpaired) electrons. The topological polar surface area (TPSA) is 21.7 Å². The molecule has 0 atom stereocenters. The maximum absolute atomic E-state index is 6.03. The van der Waals surface area contributed by atoms with Gasteiger partial charge < -0.3 is 9.47 Å². The van der Waals surface area contributed by atoms with E-state index in [1.54, 1.807) is 7.11 Å². The van der Waals surface area contributed by atoms with Crippen molar-refractivity contribution in [2.24, 2.45) is 0 Å². The van der Waals surface area contributed by atoms with Crippen molar-refractivity contribution in [2.45, 2.75) is 33.1 Å². The van der Waals surface area contributed by atoms with Crippen LogP contribution in [0.1, 0.15) is 33.1 Å². The fraction of sp³-hybridized carbons (Fsp3) is 0.312. The molecule has 0 unspecified atom stereocenters. The summed E-state index contributed by atoms with van der Waals surface area (Å²) >= 11 is 0. The second kappa shape index (κ2) is 12.4. The quantitative estimate of drug-likeness (QED) is 0.274. The maximum Gasteiger partial charge on any atom is 0.119 e. The van der Waals surface area contributed by atoms with E-state index in [9.17, 15) is 0 Å². The lowest BCUT2D eigenvalue weighted by atomic mass is 9.89. The minimum absolute atomic E-state index is 0.739. The molecule has 0 aromatic heterocycles. The average molecular weight is 468 g/mol. The SMILES string of the molecule is CCC.COc1ccc2c(-c3ccc(OCCN4CCCC4)cc3)c(-c3ccccc3)ccc2c1. The Kier molecular flexibility index (Phi) is 8.80. The molecule has 1 heterocycles. The summed E-state index contributed by atoms with van der Waals surface area (Å²) in [7, 11) is 1.71. The number of fused-ring (bicyclic) bond motifs is 1. The second-order valence-electron chi connectivity index (χ2n) is 9.07. The van der Waals surface area contributed by atoms with E-state index < -0.39 is 0 Å². The van der Waals surface area contributed by atoms with E-state index >= 15 is 0 Å². The highest BCUT2D eigenvalue weighted by Crippen LogP contribution is 2.39. The number of hydrogen-bond donors (Lipinski definition) is 0. The lowest BCUT2D eigenvalue weighted by molar-refractivity contribution is 0.238. The van der Waals surface area contributed by atoms with Crippen LogP contribution in [-0.4, -0.2) is 38.3 Å². The van der Waals surface area contributed by atoms with Crippen molar-refractivity contribution in [3.8, 4) is 33.8 Å². The van der Waals surface area contributed by atoms with E-state index in [1.165, 1.54) is 65.4 Å². The molecule has 0 bridgehead atoms. The van der Waals surface area contributed by atoms with Gasteiger partial charge in [-0.25, -0.2) is 0 Å². The zero-order valence-corrected chi connectivity index (χ0v) is 21.3. The van der Waals surface area contributed by atoms with Crippen LogP contribution in [0, 0.1) is 0 Å². The van der Waals surface area contributed by atoms with Crippen molar-refractivity contribution in [1.82, 2.24) is 4.90 Å². The van der Waals surface area contributed by atoms with Gasteiger partial charge in [0.2, 0.25) is 0 Å². The third kappa shape index (κ3) is 6.23. The average Bonchev–Trinajstić information content (AvgIpc) is 3.43. The number of rotatable bonds is 7. The molecule has 0 saturated carbocycles. The summed E-state index contributed by atoms with van der Waals surface area (Å²) in [6.45, 7) is 8.40. The van der Waals surface area contributed by atoms with Gasteiger partial charge in [-0.15, -0.1) is 0 Å². The molecule has 1 fully saturated rings. The number of benzene rings is 4. The number of ether oxygens (including phenoxy) is 2. The Balaban J connectivity index is 0.000000917. The van der Waals surface area contributed by atoms with Crippen LogP contribution < -0.4 is 9.47 Å². The third-order valence-electron chi connectivity index (χ3n) is 6.33. The first-order chi connectivity index (χ1) is 17.2. The number of likely N-dealkylation sites (tertiary alicyclic amines) is 1. The lowest BCUT2D eigenvalue weighted by Gasteiger charge is -2.16. The first kappa shape index (κ1) is 24.8. The molecule has 4 aromatic rings. The van der Waals surface area contributed by atoms with Gasteiger partial charge in [-0.3, -0.25) is 4.90 Å². The largest absolute Gasteiger partial charge is 0.497 e. The molecule has 3 heteroatoms. The third-order valence-corrected chi connectivity index (χ3v) is 6.33. The molecular formula is C32H37NO2. The van der Waals surface area contributed by atoms with Gasteiger partial charge in [-0.1, -0.05) is 80.9 Å². The minimum atomic E-state index is 0.739. The first-order valence-electron chi connectivity index (χ1n) is 12.8. The Morgan fingerprint density at radius 1 is 0.743 bits per heavy atom. The number of hydrogen-bond acceptors (Lipinski definition) is 3. The second-order valence-corrected chi connectivity index (χ2v) is 9.07. The summed E-state index contributed by atoms with van der Waals surface area (Å²) in [5.74, 6) is 1.80. The monoisotopic (exact) mass is 467 g/mol. The van der Waals surface area contributed by atoms with E-state index in [0.29, 0.717) is 0 Å². The number of methoxy groups -OCH3 is 1. The van der Waals surface area contributed by atoms with Gasteiger partial charge in [0.25, 0.3) is 0 Å². The summed E-state index contributed by atoms with van der Waals surface area (Å²) < 4.78 is 11.5. The van der Waals surface area contributed by atoms with E-state index in [1.807, 2.05) is 6.07 Å². The van der Waals surface area contributed by atoms with Crippen molar-refractivity contribution in [3.63, 3.8) is 0 Å². The Hall–Kier alpha value is -3.30. The van der Waals surface area contributed by atoms with Gasteiger partial charge in [0.05, 0.1) is 7.11 Å². The van der Waals surface area contributed by atoms with Crippen LogP contribution in [0.3, 0.4) is 0 Å². The molecule has 0 aliphatic carbocycles. The zero-order valence-electron chi connectivity index (χ0n) is 21.3. The summed E-state index contributed by atoms with van der Waals surface area (Å²) in [6.07, 6.45) is 3.88. The van der Waals surface area contributed by atoms with Crippen molar-refractivity contribution < 1.29 is 9.47 Å². The fourth-order valence-corrected chi connectivity index (χ4v) is 4.62. The molecule has 0 amide bonds. The zero-order chi connectivity index (χ0) is 24.5. The Morgan fingerprint density at radius 2 is 1.43 bits per heavy atom. The van der Waals surface area contributed by atoms with E-state index in [0.717, 1.165) is 24.7 Å². The molecule has 3 nitrogen and oxygen atoms in total. The van der Waals surface area contributed by atoms with Gasteiger partial charge in [0, 0.05) is 6.54 Å². The molecule has 5 rings (SSSR count). The molecule has 35 heavy (non-hydrogen) atoms. The molecule has 1 saturated heterocycles. The van der Waals surface area contributed by atoms with Crippen LogP contribution in [0.5, 0.6) is 11.5 Å². The summed E-state index contributed by atoms with van der Waals surface area (Å²) in [6, 6.07) is 29.8. The normalized spacial score (nSPS) is 13.3. The van der Waals surface area contributed by atoms with Crippen LogP contribution in [0.4, 0.5) is 0 Å². The Labute approximate surface area is 210 Å².